The first-order chi connectivity index (χ1) is 10.3. The summed E-state index contributed by atoms with van der Waals surface area (Å²) in [6.45, 7) is 2.87. The van der Waals surface area contributed by atoms with Gasteiger partial charge in [-0.1, -0.05) is 12.1 Å². The number of aliphatic hydroxyl groups is 1. The van der Waals surface area contributed by atoms with Gasteiger partial charge in [-0.3, -0.25) is 10.00 Å². The molecule has 0 amide bonds. The summed E-state index contributed by atoms with van der Waals surface area (Å²) in [6.07, 6.45) is 3.95. The second-order valence-corrected chi connectivity index (χ2v) is 5.68. The molecule has 1 aliphatic rings. The Morgan fingerprint density at radius 1 is 1.38 bits per heavy atom. The predicted octanol–water partition coefficient (Wildman–Crippen LogP) is 2.42. The number of likely N-dealkylation sites (tertiary alicyclic amines) is 1. The van der Waals surface area contributed by atoms with Crippen LogP contribution >= 0.6 is 0 Å². The summed E-state index contributed by atoms with van der Waals surface area (Å²) in [4.78, 5) is 2.31. The van der Waals surface area contributed by atoms with Crippen LogP contribution in [0, 0.1) is 11.7 Å². The van der Waals surface area contributed by atoms with Crippen LogP contribution < -0.4 is 0 Å². The molecule has 2 N–H and O–H groups in total. The molecule has 1 saturated heterocycles. The highest BCUT2D eigenvalue weighted by atomic mass is 19.1. The molecule has 1 unspecified atom stereocenters. The summed E-state index contributed by atoms with van der Waals surface area (Å²) in [5, 5.41) is 16.3. The van der Waals surface area contributed by atoms with Crippen molar-refractivity contribution in [1.29, 1.82) is 0 Å². The van der Waals surface area contributed by atoms with E-state index in [4.69, 9.17) is 0 Å². The van der Waals surface area contributed by atoms with Crippen LogP contribution in [0.3, 0.4) is 0 Å². The number of piperidine rings is 1. The molecule has 0 saturated carbocycles. The standard InChI is InChI=1S/C16H20FN3O/c17-15-6-2-1-5-14(15)16-13(8-18-19-16)10-20-7-3-4-12(9-20)11-21/h1-2,5-6,8,12,21H,3-4,7,9-11H2,(H,18,19). The van der Waals surface area contributed by atoms with Crippen LogP contribution in [0.4, 0.5) is 4.39 Å². The molecule has 2 aromatic rings. The number of nitrogens with zero attached hydrogens (tertiary/aromatic N) is 2. The third-order valence-electron chi connectivity index (χ3n) is 4.12. The number of H-pyrrole nitrogens is 1. The van der Waals surface area contributed by atoms with E-state index in [0.29, 0.717) is 11.5 Å². The summed E-state index contributed by atoms with van der Waals surface area (Å²) >= 11 is 0. The van der Waals surface area contributed by atoms with Crippen molar-refractivity contribution in [1.82, 2.24) is 15.1 Å². The van der Waals surface area contributed by atoms with Crippen LogP contribution in [0.15, 0.2) is 30.5 Å². The van der Waals surface area contributed by atoms with E-state index in [1.165, 1.54) is 6.07 Å². The number of hydrogen-bond acceptors (Lipinski definition) is 3. The average molecular weight is 289 g/mol. The van der Waals surface area contributed by atoms with Gasteiger partial charge >= 0.3 is 0 Å². The monoisotopic (exact) mass is 289 g/mol. The van der Waals surface area contributed by atoms with Crippen LogP contribution in [-0.2, 0) is 6.54 Å². The summed E-state index contributed by atoms with van der Waals surface area (Å²) in [6, 6.07) is 6.73. The summed E-state index contributed by atoms with van der Waals surface area (Å²) in [5.74, 6) is 0.109. The van der Waals surface area contributed by atoms with E-state index >= 15 is 0 Å². The van der Waals surface area contributed by atoms with Gasteiger partial charge in [0.2, 0.25) is 0 Å². The lowest BCUT2D eigenvalue weighted by molar-refractivity contribution is 0.116. The molecule has 1 aromatic heterocycles. The highest BCUT2D eigenvalue weighted by Gasteiger charge is 2.21. The summed E-state index contributed by atoms with van der Waals surface area (Å²) in [7, 11) is 0. The molecule has 0 radical (unpaired) electrons. The third kappa shape index (κ3) is 3.14. The van der Waals surface area contributed by atoms with Gasteiger partial charge in [-0.2, -0.15) is 5.10 Å². The van der Waals surface area contributed by atoms with E-state index in [1.54, 1.807) is 18.3 Å². The molecule has 1 aromatic carbocycles. The first-order valence-electron chi connectivity index (χ1n) is 7.38. The molecule has 5 heteroatoms. The van der Waals surface area contributed by atoms with Gasteiger partial charge in [-0.25, -0.2) is 4.39 Å². The normalized spacial score (nSPS) is 19.8. The summed E-state index contributed by atoms with van der Waals surface area (Å²) < 4.78 is 13.9. The number of halogens is 1. The quantitative estimate of drug-likeness (QED) is 0.909. The van der Waals surface area contributed by atoms with Gasteiger partial charge in [0, 0.05) is 30.8 Å². The van der Waals surface area contributed by atoms with Crippen LogP contribution in [0.2, 0.25) is 0 Å². The topological polar surface area (TPSA) is 52.1 Å². The second kappa shape index (κ2) is 6.37. The predicted molar refractivity (Wildman–Crippen MR) is 79.1 cm³/mol. The zero-order valence-corrected chi connectivity index (χ0v) is 11.9. The maximum Gasteiger partial charge on any atom is 0.132 e. The minimum absolute atomic E-state index is 0.238. The molecule has 1 fully saturated rings. The Morgan fingerprint density at radius 3 is 3.05 bits per heavy atom. The molecular formula is C16H20FN3O. The molecule has 2 heterocycles. The van der Waals surface area contributed by atoms with Crippen LogP contribution in [0.25, 0.3) is 11.3 Å². The lowest BCUT2D eigenvalue weighted by Gasteiger charge is -2.31. The molecule has 1 atom stereocenters. The fourth-order valence-electron chi connectivity index (χ4n) is 3.01. The van der Waals surface area contributed by atoms with Crippen LogP contribution in [-0.4, -0.2) is 39.9 Å². The van der Waals surface area contributed by atoms with Crippen molar-refractivity contribution >= 4 is 0 Å². The minimum Gasteiger partial charge on any atom is -0.396 e. The first-order valence-corrected chi connectivity index (χ1v) is 7.38. The number of aliphatic hydroxyl groups excluding tert-OH is 1. The van der Waals surface area contributed by atoms with Crippen molar-refractivity contribution in [2.75, 3.05) is 19.7 Å². The number of rotatable bonds is 4. The third-order valence-corrected chi connectivity index (χ3v) is 4.12. The van der Waals surface area contributed by atoms with Gasteiger partial charge in [-0.05, 0) is 37.4 Å². The van der Waals surface area contributed by atoms with E-state index in [9.17, 15) is 9.50 Å². The largest absolute Gasteiger partial charge is 0.396 e. The molecule has 21 heavy (non-hydrogen) atoms. The Labute approximate surface area is 123 Å². The second-order valence-electron chi connectivity index (χ2n) is 5.68. The van der Waals surface area contributed by atoms with E-state index in [0.717, 1.165) is 43.7 Å². The van der Waals surface area contributed by atoms with E-state index in [2.05, 4.69) is 15.1 Å². The first kappa shape index (κ1) is 14.2. The fraction of sp³-hybridized carbons (Fsp3) is 0.438. The van der Waals surface area contributed by atoms with Gasteiger partial charge in [-0.15, -0.1) is 0 Å². The SMILES string of the molecule is OCC1CCCN(Cc2cn[nH]c2-c2ccccc2F)C1. The zero-order chi connectivity index (χ0) is 14.7. The van der Waals surface area contributed by atoms with E-state index < -0.39 is 0 Å². The van der Waals surface area contributed by atoms with Gasteiger partial charge in [0.05, 0.1) is 11.9 Å². The van der Waals surface area contributed by atoms with Crippen molar-refractivity contribution in [2.45, 2.75) is 19.4 Å². The molecule has 112 valence electrons. The number of nitrogens with one attached hydrogen (secondary N) is 1. The van der Waals surface area contributed by atoms with Crippen molar-refractivity contribution in [3.05, 3.63) is 41.8 Å². The minimum atomic E-state index is -0.241. The number of aromatic amines is 1. The van der Waals surface area contributed by atoms with Crippen LogP contribution in [0.5, 0.6) is 0 Å². The fourth-order valence-corrected chi connectivity index (χ4v) is 3.01. The number of benzene rings is 1. The maximum atomic E-state index is 13.9. The Bertz CT molecular complexity index is 599. The van der Waals surface area contributed by atoms with Crippen molar-refractivity contribution in [3.63, 3.8) is 0 Å². The molecule has 0 bridgehead atoms. The zero-order valence-electron chi connectivity index (χ0n) is 11.9. The molecule has 3 rings (SSSR count). The van der Waals surface area contributed by atoms with Crippen molar-refractivity contribution in [2.24, 2.45) is 5.92 Å². The van der Waals surface area contributed by atoms with E-state index in [-0.39, 0.29) is 12.4 Å². The average Bonchev–Trinajstić information content (AvgIpc) is 2.96. The Balaban J connectivity index is 1.78. The lowest BCUT2D eigenvalue weighted by Crippen LogP contribution is -2.36. The molecular weight excluding hydrogens is 269 g/mol. The number of hydrogen-bond donors (Lipinski definition) is 2. The van der Waals surface area contributed by atoms with Gasteiger partial charge in [0.15, 0.2) is 0 Å². The van der Waals surface area contributed by atoms with Gasteiger partial charge < -0.3 is 5.11 Å². The Morgan fingerprint density at radius 2 is 2.24 bits per heavy atom. The molecule has 0 spiro atoms. The Kier molecular flexibility index (Phi) is 4.31. The van der Waals surface area contributed by atoms with Gasteiger partial charge in [0.1, 0.15) is 5.82 Å². The molecule has 0 aliphatic carbocycles. The maximum absolute atomic E-state index is 13.9. The molecule has 1 aliphatic heterocycles. The lowest BCUT2D eigenvalue weighted by atomic mass is 9.98. The van der Waals surface area contributed by atoms with E-state index in [1.807, 2.05) is 6.07 Å². The van der Waals surface area contributed by atoms with Crippen LogP contribution in [0.1, 0.15) is 18.4 Å². The highest BCUT2D eigenvalue weighted by Crippen LogP contribution is 2.26. The summed E-state index contributed by atoms with van der Waals surface area (Å²) in [5.41, 5.74) is 2.30. The van der Waals surface area contributed by atoms with Gasteiger partial charge in [0.25, 0.3) is 0 Å². The highest BCUT2D eigenvalue weighted by molar-refractivity contribution is 5.63. The Hall–Kier alpha value is -1.72. The number of aromatic nitrogens is 2. The molecule has 4 nitrogen and oxygen atoms in total. The van der Waals surface area contributed by atoms with Crippen molar-refractivity contribution in [3.8, 4) is 11.3 Å². The van der Waals surface area contributed by atoms with Crippen molar-refractivity contribution < 1.29 is 9.50 Å². The smallest absolute Gasteiger partial charge is 0.132 e.